The molecule has 1 aromatic heterocycles. The van der Waals surface area contributed by atoms with Crippen molar-refractivity contribution in [2.45, 2.75) is 90.4 Å². The molecule has 19 heteroatoms. The average molecular weight is 892 g/mol. The Morgan fingerprint density at radius 1 is 0.937 bits per heavy atom. The number of imide groups is 1. The number of carboxylic acid groups (broad SMARTS) is 1. The van der Waals surface area contributed by atoms with Crippen molar-refractivity contribution in [1.29, 1.82) is 0 Å². The lowest BCUT2D eigenvalue weighted by Gasteiger charge is -2.25. The number of pyridine rings is 1. The molecule has 3 aromatic rings. The summed E-state index contributed by atoms with van der Waals surface area (Å²) in [5.74, 6) is -4.51. The van der Waals surface area contributed by atoms with Gasteiger partial charge in [-0.05, 0) is 74.6 Å². The second-order valence-electron chi connectivity index (χ2n) is 16.5. The molecule has 3 heterocycles. The molecule has 5 N–H and O–H groups in total. The Morgan fingerprint density at radius 2 is 1.63 bits per heavy atom. The van der Waals surface area contributed by atoms with E-state index in [9.17, 15) is 43.5 Å². The van der Waals surface area contributed by atoms with E-state index >= 15 is 4.39 Å². The number of unbranched alkanes of at least 4 members (excludes halogenated alkanes) is 2. The van der Waals surface area contributed by atoms with Crippen molar-refractivity contribution in [3.05, 3.63) is 80.9 Å². The molecular formula is C44H51ClFN7O10. The average Bonchev–Trinajstić information content (AvgIpc) is 3.88. The zero-order valence-electron chi connectivity index (χ0n) is 35.2. The van der Waals surface area contributed by atoms with Crippen LogP contribution in [0.2, 0.25) is 5.02 Å². The second kappa shape index (κ2) is 20.3. The summed E-state index contributed by atoms with van der Waals surface area (Å²) in [6.45, 7) is 6.01. The number of aromatic nitrogens is 1. The first kappa shape index (κ1) is 46.2. The summed E-state index contributed by atoms with van der Waals surface area (Å²) in [7, 11) is 0. The van der Waals surface area contributed by atoms with Gasteiger partial charge in [-0.25, -0.2) is 14.0 Å². The van der Waals surface area contributed by atoms with Crippen LogP contribution in [0.5, 0.6) is 0 Å². The zero-order chi connectivity index (χ0) is 45.5. The smallest absolute Gasteiger partial charge is 0.407 e. The third-order valence-corrected chi connectivity index (χ3v) is 11.8. The van der Waals surface area contributed by atoms with E-state index in [1.54, 1.807) is 47.6 Å². The lowest BCUT2D eigenvalue weighted by molar-refractivity contribution is -0.137. The van der Waals surface area contributed by atoms with Crippen molar-refractivity contribution in [3.8, 4) is 0 Å². The number of benzene rings is 2. The number of carboxylic acids is 1. The Balaban J connectivity index is 0.909. The van der Waals surface area contributed by atoms with Crippen molar-refractivity contribution in [2.75, 3.05) is 36.4 Å². The number of halogens is 2. The third-order valence-electron chi connectivity index (χ3n) is 11.4. The van der Waals surface area contributed by atoms with Crippen LogP contribution in [0, 0.1) is 17.7 Å². The number of anilines is 2. The highest BCUT2D eigenvalue weighted by Gasteiger charge is 2.34. The Kier molecular flexibility index (Phi) is 14.9. The van der Waals surface area contributed by atoms with E-state index in [-0.39, 0.29) is 83.9 Å². The minimum Gasteiger partial charge on any atom is -0.477 e. The number of carbonyl (C=O) groups excluding carboxylic acids is 6. The lowest BCUT2D eigenvalue weighted by atomic mass is 10.0. The van der Waals surface area contributed by atoms with Crippen LogP contribution in [0.15, 0.2) is 53.5 Å². The van der Waals surface area contributed by atoms with Gasteiger partial charge in [0.15, 0.2) is 0 Å². The van der Waals surface area contributed by atoms with Crippen LogP contribution in [0.1, 0.15) is 87.7 Å². The minimum absolute atomic E-state index is 0.0365. The molecule has 2 aromatic carbocycles. The number of carbonyl (C=O) groups is 7. The zero-order valence-corrected chi connectivity index (χ0v) is 36.0. The van der Waals surface area contributed by atoms with Crippen molar-refractivity contribution in [2.24, 2.45) is 11.8 Å². The predicted molar refractivity (Wildman–Crippen MR) is 231 cm³/mol. The fraction of sp³-hybridized carbons (Fsp3) is 0.455. The highest BCUT2D eigenvalue weighted by molar-refractivity contribution is 6.38. The van der Waals surface area contributed by atoms with Gasteiger partial charge in [0, 0.05) is 62.2 Å². The number of nitrogens with zero attached hydrogens (tertiary/aromatic N) is 3. The van der Waals surface area contributed by atoms with Crippen LogP contribution < -0.4 is 31.6 Å². The fourth-order valence-electron chi connectivity index (χ4n) is 7.74. The number of alkyl carbamates (subject to hydrolysis) is 1. The molecule has 3 aliphatic rings. The summed E-state index contributed by atoms with van der Waals surface area (Å²) in [5, 5.41) is 20.3. The van der Waals surface area contributed by atoms with Gasteiger partial charge in [0.1, 0.15) is 24.0 Å². The molecule has 63 heavy (non-hydrogen) atoms. The Bertz CT molecular complexity index is 2360. The van der Waals surface area contributed by atoms with Gasteiger partial charge in [-0.1, -0.05) is 44.0 Å². The Labute approximate surface area is 367 Å². The maximum Gasteiger partial charge on any atom is 0.407 e. The lowest BCUT2D eigenvalue weighted by Crippen LogP contribution is -2.51. The van der Waals surface area contributed by atoms with Crippen molar-refractivity contribution in [3.63, 3.8) is 0 Å². The number of ether oxygens (including phenoxy) is 1. The van der Waals surface area contributed by atoms with Gasteiger partial charge in [-0.3, -0.25) is 33.7 Å². The van der Waals surface area contributed by atoms with Crippen LogP contribution >= 0.6 is 11.6 Å². The molecule has 0 spiro atoms. The number of hydrogen-bond acceptors (Lipinski definition) is 10. The molecule has 6 rings (SSSR count). The van der Waals surface area contributed by atoms with Crippen LogP contribution in [0.25, 0.3) is 10.9 Å². The standard InChI is InChI=1S/C44H51ClFN7O10/c1-24(2)38(50-33(54)7-5-4-6-17-52-35(56)14-15-36(52)57)42(59)47-20-34(55)49-28-10-8-26(9-11-28)23-63-44(62)48-25(3)27-16-18-51(21-27)40-32(46)19-30-39(37(40)45)53(29-12-13-29)22-31(41(30)58)43(60)61/h8-11,14-15,19,22,24-25,27,29,38H,4-7,12-13,16-18,20-21,23H2,1-3H3,(H,47,59)(H,48,62)(H,49,55)(H,50,54)(H,60,61)/t25?,27?,38-/m0/s1. The first-order valence-corrected chi connectivity index (χ1v) is 21.4. The second-order valence-corrected chi connectivity index (χ2v) is 16.8. The normalized spacial score (nSPS) is 17.0. The molecule has 1 saturated carbocycles. The Morgan fingerprint density at radius 3 is 2.29 bits per heavy atom. The van der Waals surface area contributed by atoms with Gasteiger partial charge >= 0.3 is 12.1 Å². The highest BCUT2D eigenvalue weighted by atomic mass is 35.5. The van der Waals surface area contributed by atoms with Gasteiger partial charge in [0.25, 0.3) is 11.8 Å². The maximum atomic E-state index is 15.6. The quantitative estimate of drug-likeness (QED) is 0.0823. The largest absolute Gasteiger partial charge is 0.477 e. The van der Waals surface area contributed by atoms with Gasteiger partial charge in [-0.2, -0.15) is 0 Å². The summed E-state index contributed by atoms with van der Waals surface area (Å²) in [4.78, 5) is 102. The number of nitrogens with one attached hydrogen (secondary N) is 4. The number of hydrogen-bond donors (Lipinski definition) is 5. The summed E-state index contributed by atoms with van der Waals surface area (Å²) in [6, 6.07) is 6.37. The molecule has 2 unspecified atom stereocenters. The predicted octanol–water partition coefficient (Wildman–Crippen LogP) is 4.65. The van der Waals surface area contributed by atoms with E-state index in [0.717, 1.165) is 23.8 Å². The van der Waals surface area contributed by atoms with Crippen LogP contribution in [-0.2, 0) is 35.3 Å². The van der Waals surface area contributed by atoms with Crippen molar-refractivity contribution >= 4 is 75.5 Å². The topological polar surface area (TPSA) is 226 Å². The summed E-state index contributed by atoms with van der Waals surface area (Å²) in [5.41, 5.74) is 0.265. The fourth-order valence-corrected chi connectivity index (χ4v) is 8.15. The monoisotopic (exact) mass is 891 g/mol. The number of amides is 6. The summed E-state index contributed by atoms with van der Waals surface area (Å²) >= 11 is 6.81. The van der Waals surface area contributed by atoms with Crippen LogP contribution in [-0.4, -0.2) is 94.4 Å². The first-order chi connectivity index (χ1) is 30.0. The SMILES string of the molecule is CC(NC(=O)OCc1ccc(NC(=O)CNC(=O)[C@@H](NC(=O)CCCCCN2C(=O)C=CC2=O)C(C)C)cc1)C1CCN(c2c(F)cc3c(=O)c(C(=O)O)cn(C4CC4)c3c2Cl)C1. The van der Waals surface area contributed by atoms with E-state index in [1.807, 2.05) is 6.92 Å². The summed E-state index contributed by atoms with van der Waals surface area (Å²) in [6.07, 6.45) is 7.07. The number of rotatable bonds is 19. The molecule has 1 aliphatic carbocycles. The molecule has 17 nitrogen and oxygen atoms in total. The molecule has 6 amide bonds. The van der Waals surface area contributed by atoms with Crippen molar-refractivity contribution in [1.82, 2.24) is 25.4 Å². The molecule has 336 valence electrons. The van der Waals surface area contributed by atoms with Gasteiger partial charge in [0.05, 0.1) is 28.2 Å². The van der Waals surface area contributed by atoms with E-state index < -0.39 is 46.7 Å². The molecule has 2 aliphatic heterocycles. The van der Waals surface area contributed by atoms with E-state index in [0.29, 0.717) is 55.5 Å². The Hall–Kier alpha value is -6.30. The minimum atomic E-state index is -1.39. The molecule has 0 bridgehead atoms. The molecule has 3 atom stereocenters. The molecule has 0 radical (unpaired) electrons. The van der Waals surface area contributed by atoms with E-state index in [2.05, 4.69) is 21.3 Å². The molecule has 2 fully saturated rings. The van der Waals surface area contributed by atoms with E-state index in [1.165, 1.54) is 18.3 Å². The first-order valence-electron chi connectivity index (χ1n) is 21.0. The third kappa shape index (κ3) is 11.4. The van der Waals surface area contributed by atoms with E-state index in [4.69, 9.17) is 16.3 Å². The van der Waals surface area contributed by atoms with Gasteiger partial charge in [-0.15, -0.1) is 0 Å². The van der Waals surface area contributed by atoms with Gasteiger partial charge < -0.3 is 40.6 Å². The number of aromatic carboxylic acids is 1. The van der Waals surface area contributed by atoms with Crippen molar-refractivity contribution < 1.29 is 47.8 Å². The maximum absolute atomic E-state index is 15.6. The number of fused-ring (bicyclic) bond motifs is 1. The highest BCUT2D eigenvalue weighted by Crippen LogP contribution is 2.43. The van der Waals surface area contributed by atoms with Gasteiger partial charge in [0.2, 0.25) is 23.2 Å². The molecular weight excluding hydrogens is 841 g/mol. The van der Waals surface area contributed by atoms with Crippen LogP contribution in [0.3, 0.4) is 0 Å². The molecule has 1 saturated heterocycles. The van der Waals surface area contributed by atoms with Crippen LogP contribution in [0.4, 0.5) is 20.6 Å². The summed E-state index contributed by atoms with van der Waals surface area (Å²) < 4.78 is 22.7.